The SMILES string of the molecule is Cc1cccc(NC(=O)C(=O)N2CCCCC2C)c1C. The van der Waals surface area contributed by atoms with Crippen molar-refractivity contribution in [3.05, 3.63) is 29.3 Å². The van der Waals surface area contributed by atoms with Gasteiger partial charge in [0.05, 0.1) is 0 Å². The molecule has 1 atom stereocenters. The number of carbonyl (C=O) groups is 2. The molecular weight excluding hydrogens is 252 g/mol. The summed E-state index contributed by atoms with van der Waals surface area (Å²) in [4.78, 5) is 26.0. The first-order valence-corrected chi connectivity index (χ1v) is 7.19. The van der Waals surface area contributed by atoms with Crippen LogP contribution in [0.3, 0.4) is 0 Å². The monoisotopic (exact) mass is 274 g/mol. The molecule has 0 aromatic heterocycles. The van der Waals surface area contributed by atoms with Gasteiger partial charge in [-0.2, -0.15) is 0 Å². The molecule has 20 heavy (non-hydrogen) atoms. The molecule has 0 spiro atoms. The largest absolute Gasteiger partial charge is 0.332 e. The Morgan fingerprint density at radius 1 is 1.25 bits per heavy atom. The minimum absolute atomic E-state index is 0.153. The summed E-state index contributed by atoms with van der Waals surface area (Å²) in [6.45, 7) is 6.61. The normalized spacial score (nSPS) is 18.8. The highest BCUT2D eigenvalue weighted by atomic mass is 16.2. The van der Waals surface area contributed by atoms with Crippen LogP contribution < -0.4 is 5.32 Å². The molecule has 2 amide bonds. The van der Waals surface area contributed by atoms with Crippen LogP contribution in [0.25, 0.3) is 0 Å². The molecule has 1 fully saturated rings. The van der Waals surface area contributed by atoms with E-state index in [-0.39, 0.29) is 6.04 Å². The fourth-order valence-corrected chi connectivity index (χ4v) is 2.59. The molecule has 108 valence electrons. The van der Waals surface area contributed by atoms with Gasteiger partial charge in [0.1, 0.15) is 0 Å². The van der Waals surface area contributed by atoms with Gasteiger partial charge in [-0.25, -0.2) is 0 Å². The first-order valence-electron chi connectivity index (χ1n) is 7.19. The number of aryl methyl sites for hydroxylation is 1. The first kappa shape index (κ1) is 14.6. The minimum Gasteiger partial charge on any atom is -0.332 e. The van der Waals surface area contributed by atoms with E-state index in [0.717, 1.165) is 30.4 Å². The summed E-state index contributed by atoms with van der Waals surface area (Å²) >= 11 is 0. The van der Waals surface area contributed by atoms with Crippen molar-refractivity contribution in [2.75, 3.05) is 11.9 Å². The maximum Gasteiger partial charge on any atom is 0.313 e. The molecule has 2 rings (SSSR count). The summed E-state index contributed by atoms with van der Waals surface area (Å²) in [7, 11) is 0. The average Bonchev–Trinajstić information content (AvgIpc) is 2.43. The quantitative estimate of drug-likeness (QED) is 0.800. The highest BCUT2D eigenvalue weighted by molar-refractivity contribution is 6.39. The molecule has 1 saturated heterocycles. The lowest BCUT2D eigenvalue weighted by Crippen LogP contribution is -2.47. The molecule has 4 heteroatoms. The van der Waals surface area contributed by atoms with E-state index in [1.54, 1.807) is 4.90 Å². The molecule has 1 aliphatic rings. The van der Waals surface area contributed by atoms with E-state index in [1.165, 1.54) is 0 Å². The van der Waals surface area contributed by atoms with Gasteiger partial charge < -0.3 is 10.2 Å². The standard InChI is InChI=1S/C16H22N2O2/c1-11-7-6-9-14(13(11)3)17-15(19)16(20)18-10-5-4-8-12(18)2/h6-7,9,12H,4-5,8,10H2,1-3H3,(H,17,19). The molecule has 1 N–H and O–H groups in total. The number of anilines is 1. The van der Waals surface area contributed by atoms with Crippen LogP contribution in [-0.4, -0.2) is 29.3 Å². The summed E-state index contributed by atoms with van der Waals surface area (Å²) in [5.41, 5.74) is 2.81. The zero-order valence-electron chi connectivity index (χ0n) is 12.4. The zero-order chi connectivity index (χ0) is 14.7. The van der Waals surface area contributed by atoms with Crippen LogP contribution in [0.2, 0.25) is 0 Å². The number of benzene rings is 1. The van der Waals surface area contributed by atoms with E-state index in [9.17, 15) is 9.59 Å². The Labute approximate surface area is 120 Å². The highest BCUT2D eigenvalue weighted by Crippen LogP contribution is 2.20. The van der Waals surface area contributed by atoms with E-state index in [4.69, 9.17) is 0 Å². The Morgan fingerprint density at radius 2 is 2.00 bits per heavy atom. The number of piperidine rings is 1. The fraction of sp³-hybridized carbons (Fsp3) is 0.500. The molecule has 1 aromatic carbocycles. The Hall–Kier alpha value is -1.84. The van der Waals surface area contributed by atoms with Crippen molar-refractivity contribution in [2.45, 2.75) is 46.1 Å². The number of rotatable bonds is 1. The first-order chi connectivity index (χ1) is 9.50. The topological polar surface area (TPSA) is 49.4 Å². The van der Waals surface area contributed by atoms with Crippen molar-refractivity contribution in [1.29, 1.82) is 0 Å². The molecule has 0 aliphatic carbocycles. The maximum atomic E-state index is 12.2. The third-order valence-corrected chi connectivity index (χ3v) is 4.11. The van der Waals surface area contributed by atoms with Gasteiger partial charge >= 0.3 is 11.8 Å². The van der Waals surface area contributed by atoms with Crippen molar-refractivity contribution in [3.63, 3.8) is 0 Å². The van der Waals surface area contributed by atoms with Gasteiger partial charge in [0.15, 0.2) is 0 Å². The molecule has 4 nitrogen and oxygen atoms in total. The van der Waals surface area contributed by atoms with Crippen LogP contribution in [0, 0.1) is 13.8 Å². The van der Waals surface area contributed by atoms with Crippen molar-refractivity contribution in [1.82, 2.24) is 4.90 Å². The molecule has 0 saturated carbocycles. The third-order valence-electron chi connectivity index (χ3n) is 4.11. The lowest BCUT2D eigenvalue weighted by Gasteiger charge is -2.32. The Bertz CT molecular complexity index is 525. The van der Waals surface area contributed by atoms with Gasteiger partial charge in [-0.3, -0.25) is 9.59 Å². The van der Waals surface area contributed by atoms with Gasteiger partial charge in [0.25, 0.3) is 0 Å². The summed E-state index contributed by atoms with van der Waals surface area (Å²) in [6, 6.07) is 5.85. The smallest absolute Gasteiger partial charge is 0.313 e. The molecule has 1 unspecified atom stereocenters. The minimum atomic E-state index is -0.535. The molecular formula is C16H22N2O2. The van der Waals surface area contributed by atoms with E-state index < -0.39 is 11.8 Å². The van der Waals surface area contributed by atoms with E-state index in [1.807, 2.05) is 39.0 Å². The molecule has 1 heterocycles. The second-order valence-corrected chi connectivity index (χ2v) is 5.54. The molecule has 1 aliphatic heterocycles. The van der Waals surface area contributed by atoms with Crippen LogP contribution >= 0.6 is 0 Å². The Balaban J connectivity index is 2.07. The maximum absolute atomic E-state index is 12.2. The van der Waals surface area contributed by atoms with Crippen molar-refractivity contribution in [3.8, 4) is 0 Å². The Morgan fingerprint density at radius 3 is 2.70 bits per heavy atom. The number of hydrogen-bond donors (Lipinski definition) is 1. The second-order valence-electron chi connectivity index (χ2n) is 5.54. The fourth-order valence-electron chi connectivity index (χ4n) is 2.59. The summed E-state index contributed by atoms with van der Waals surface area (Å²) in [5, 5.41) is 2.74. The average molecular weight is 274 g/mol. The summed E-state index contributed by atoms with van der Waals surface area (Å²) < 4.78 is 0. The lowest BCUT2D eigenvalue weighted by atomic mass is 10.0. The van der Waals surface area contributed by atoms with E-state index in [0.29, 0.717) is 12.2 Å². The lowest BCUT2D eigenvalue weighted by molar-refractivity contribution is -0.145. The second kappa shape index (κ2) is 6.07. The van der Waals surface area contributed by atoms with Gasteiger partial charge in [-0.15, -0.1) is 0 Å². The van der Waals surface area contributed by atoms with Crippen LogP contribution in [0.5, 0.6) is 0 Å². The van der Waals surface area contributed by atoms with E-state index >= 15 is 0 Å². The van der Waals surface area contributed by atoms with Gasteiger partial charge in [0.2, 0.25) is 0 Å². The molecule has 0 bridgehead atoms. The zero-order valence-corrected chi connectivity index (χ0v) is 12.4. The predicted molar refractivity (Wildman–Crippen MR) is 79.6 cm³/mol. The number of hydrogen-bond acceptors (Lipinski definition) is 2. The van der Waals surface area contributed by atoms with Crippen LogP contribution in [0.1, 0.15) is 37.3 Å². The van der Waals surface area contributed by atoms with Gasteiger partial charge in [0, 0.05) is 18.3 Å². The van der Waals surface area contributed by atoms with Gasteiger partial charge in [-0.05, 0) is 57.2 Å². The molecule has 0 radical (unpaired) electrons. The van der Waals surface area contributed by atoms with Crippen molar-refractivity contribution in [2.24, 2.45) is 0 Å². The number of carbonyl (C=O) groups excluding carboxylic acids is 2. The number of amides is 2. The van der Waals surface area contributed by atoms with E-state index in [2.05, 4.69) is 5.32 Å². The number of nitrogens with one attached hydrogen (secondary N) is 1. The molecule has 1 aromatic rings. The highest BCUT2D eigenvalue weighted by Gasteiger charge is 2.28. The summed E-state index contributed by atoms with van der Waals surface area (Å²) in [6.07, 6.45) is 3.08. The number of nitrogens with zero attached hydrogens (tertiary/aromatic N) is 1. The van der Waals surface area contributed by atoms with Crippen molar-refractivity contribution >= 4 is 17.5 Å². The van der Waals surface area contributed by atoms with Crippen LogP contribution in [0.4, 0.5) is 5.69 Å². The predicted octanol–water partition coefficient (Wildman–Crippen LogP) is 2.64. The van der Waals surface area contributed by atoms with Crippen LogP contribution in [0.15, 0.2) is 18.2 Å². The van der Waals surface area contributed by atoms with Crippen LogP contribution in [-0.2, 0) is 9.59 Å². The van der Waals surface area contributed by atoms with Crippen molar-refractivity contribution < 1.29 is 9.59 Å². The van der Waals surface area contributed by atoms with Gasteiger partial charge in [-0.1, -0.05) is 12.1 Å². The number of likely N-dealkylation sites (tertiary alicyclic amines) is 1. The Kier molecular flexibility index (Phi) is 4.42. The summed E-state index contributed by atoms with van der Waals surface area (Å²) in [5.74, 6) is -0.953. The third kappa shape index (κ3) is 3.00.